The monoisotopic (exact) mass is 813 g/mol. The van der Waals surface area contributed by atoms with Crippen LogP contribution in [-0.4, -0.2) is 111 Å². The molecular weight excluding hydrogens is 755 g/mol. The summed E-state index contributed by atoms with van der Waals surface area (Å²) in [5, 5.41) is 7.88. The predicted molar refractivity (Wildman–Crippen MR) is 236 cm³/mol. The van der Waals surface area contributed by atoms with Gasteiger partial charge in [0.05, 0.1) is 0 Å². The summed E-state index contributed by atoms with van der Waals surface area (Å²) in [5.74, 6) is 1.85. The second-order valence-corrected chi connectivity index (χ2v) is 16.3. The molecule has 13 nitrogen and oxygen atoms in total. The van der Waals surface area contributed by atoms with E-state index in [4.69, 9.17) is 16.9 Å². The maximum absolute atomic E-state index is 13.4. The maximum atomic E-state index is 13.4. The minimum atomic E-state index is -0.377. The molecule has 0 radical (unpaired) electrons. The van der Waals surface area contributed by atoms with Gasteiger partial charge in [0, 0.05) is 86.2 Å². The number of nitrogens with one attached hydrogen (secondary N) is 1. The van der Waals surface area contributed by atoms with Crippen molar-refractivity contribution in [2.24, 2.45) is 11.8 Å². The quantitative estimate of drug-likeness (QED) is 0.159. The van der Waals surface area contributed by atoms with Gasteiger partial charge in [-0.15, -0.1) is 0 Å². The summed E-state index contributed by atoms with van der Waals surface area (Å²) >= 11 is 0. The number of rotatable bonds is 9. The zero-order valence-electron chi connectivity index (χ0n) is 35.8. The molecular formula is C47H59N9O4. The summed E-state index contributed by atoms with van der Waals surface area (Å²) < 4.78 is 0. The van der Waals surface area contributed by atoms with Gasteiger partial charge in [0.15, 0.2) is 0 Å². The van der Waals surface area contributed by atoms with Crippen molar-refractivity contribution in [1.29, 1.82) is 5.41 Å². The number of aryl methyl sites for hydroxylation is 1. The summed E-state index contributed by atoms with van der Waals surface area (Å²) in [6.45, 7) is 9.83. The van der Waals surface area contributed by atoms with E-state index in [1.807, 2.05) is 89.5 Å². The number of anilines is 2. The number of nitrogen functional groups attached to an aromatic ring is 2. The molecule has 0 spiro atoms. The Kier molecular flexibility index (Phi) is 13.7. The number of carbonyl (C=O) groups excluding carboxylic acids is 4. The van der Waals surface area contributed by atoms with Crippen molar-refractivity contribution in [1.82, 2.24) is 29.6 Å². The van der Waals surface area contributed by atoms with E-state index in [1.54, 1.807) is 45.0 Å². The molecule has 2 aliphatic carbocycles. The third-order valence-corrected chi connectivity index (χ3v) is 11.8. The second-order valence-electron chi connectivity index (χ2n) is 16.3. The number of pyridine rings is 2. The van der Waals surface area contributed by atoms with Gasteiger partial charge in [-0.05, 0) is 91.6 Å². The molecule has 316 valence electrons. The Hall–Kier alpha value is -6.11. The summed E-state index contributed by atoms with van der Waals surface area (Å²) in [6.07, 6.45) is 9.51. The molecule has 2 saturated heterocycles. The number of amides is 4. The van der Waals surface area contributed by atoms with Crippen LogP contribution in [0.25, 0.3) is 22.3 Å². The van der Waals surface area contributed by atoms with Gasteiger partial charge in [0.1, 0.15) is 23.7 Å². The third kappa shape index (κ3) is 10.0. The molecule has 8 rings (SSSR count). The fourth-order valence-corrected chi connectivity index (χ4v) is 7.78. The highest BCUT2D eigenvalue weighted by atomic mass is 16.2. The Morgan fingerprint density at radius 2 is 1.10 bits per heavy atom. The molecule has 2 atom stereocenters. The highest BCUT2D eigenvalue weighted by Crippen LogP contribution is 2.37. The summed E-state index contributed by atoms with van der Waals surface area (Å²) in [7, 11) is 3.63. The van der Waals surface area contributed by atoms with Crippen LogP contribution in [0.3, 0.4) is 0 Å². The standard InChI is InChI=1S/C23H27N5O2.C22H26N4O2.C2H6/c1-14(24)19-12-18(13-26-21(19)25)16-4-3-5-17(11-16)22(29)28-9-8-27(2)23(30)20(28)10-15-6-7-15;1-14-10-18(13-24-20(14)23)16-4-3-5-17(12-16)21(27)26-9-8-25(2)22(28)19(26)11-15-6-7-15;1-2/h3-5,11-13,15,20,24H,6-10H2,1-2H3,(H2,25,26);3-5,10,12-13,15,19H,6-9,11H2,1-2H3,(H2,23,24);1-2H3. The van der Waals surface area contributed by atoms with Crippen molar-refractivity contribution in [3.8, 4) is 22.3 Å². The lowest BCUT2D eigenvalue weighted by atomic mass is 9.99. The Morgan fingerprint density at radius 3 is 1.52 bits per heavy atom. The van der Waals surface area contributed by atoms with Crippen molar-refractivity contribution >= 4 is 41.0 Å². The number of likely N-dealkylation sites (N-methyl/N-ethyl adjacent to an activating group) is 2. The van der Waals surface area contributed by atoms with E-state index >= 15 is 0 Å². The number of piperazine rings is 2. The Bertz CT molecular complexity index is 2250. The minimum absolute atomic E-state index is 0.0338. The first-order chi connectivity index (χ1) is 28.8. The Balaban J connectivity index is 0.000000194. The normalized spacial score (nSPS) is 18.9. The van der Waals surface area contributed by atoms with Crippen LogP contribution in [0.1, 0.15) is 91.1 Å². The summed E-state index contributed by atoms with van der Waals surface area (Å²) in [5.41, 5.74) is 18.1. The number of aromatic nitrogens is 2. The number of hydrogen-bond donors (Lipinski definition) is 3. The van der Waals surface area contributed by atoms with Gasteiger partial charge < -0.3 is 36.5 Å². The first-order valence-electron chi connectivity index (χ1n) is 21.1. The number of hydrogen-bond acceptors (Lipinski definition) is 9. The molecule has 13 heteroatoms. The fraction of sp³-hybridized carbons (Fsp3) is 0.426. The van der Waals surface area contributed by atoms with Gasteiger partial charge in [0.25, 0.3) is 11.8 Å². The van der Waals surface area contributed by atoms with Crippen LogP contribution in [0.2, 0.25) is 0 Å². The van der Waals surface area contributed by atoms with Crippen molar-refractivity contribution < 1.29 is 19.2 Å². The average molecular weight is 814 g/mol. The lowest BCUT2D eigenvalue weighted by Gasteiger charge is -2.39. The lowest BCUT2D eigenvalue weighted by molar-refractivity contribution is -0.139. The molecule has 4 heterocycles. The zero-order valence-corrected chi connectivity index (χ0v) is 35.8. The molecule has 4 fully saturated rings. The van der Waals surface area contributed by atoms with Crippen LogP contribution in [-0.2, 0) is 9.59 Å². The highest BCUT2D eigenvalue weighted by molar-refractivity contribution is 6.02. The van der Waals surface area contributed by atoms with Gasteiger partial charge >= 0.3 is 0 Å². The highest BCUT2D eigenvalue weighted by Gasteiger charge is 2.41. The Labute approximate surface area is 353 Å². The van der Waals surface area contributed by atoms with Crippen LogP contribution in [0.5, 0.6) is 0 Å². The van der Waals surface area contributed by atoms with Gasteiger partial charge in [-0.3, -0.25) is 19.2 Å². The van der Waals surface area contributed by atoms with Crippen LogP contribution in [0.15, 0.2) is 73.1 Å². The Morgan fingerprint density at radius 1 is 0.667 bits per heavy atom. The third-order valence-electron chi connectivity index (χ3n) is 11.8. The van der Waals surface area contributed by atoms with E-state index < -0.39 is 0 Å². The molecule has 5 N–H and O–H groups in total. The van der Waals surface area contributed by atoms with Gasteiger partial charge in [-0.2, -0.15) is 0 Å². The van der Waals surface area contributed by atoms with E-state index in [1.165, 1.54) is 0 Å². The number of nitrogens with two attached hydrogens (primary N) is 2. The number of carbonyl (C=O) groups is 4. The van der Waals surface area contributed by atoms with Gasteiger partial charge in [-0.25, -0.2) is 9.97 Å². The zero-order chi connectivity index (χ0) is 43.2. The molecule has 2 saturated carbocycles. The molecule has 0 bridgehead atoms. The van der Waals surface area contributed by atoms with E-state index in [9.17, 15) is 19.2 Å². The van der Waals surface area contributed by atoms with Crippen molar-refractivity contribution in [3.63, 3.8) is 0 Å². The van der Waals surface area contributed by atoms with Crippen LogP contribution >= 0.6 is 0 Å². The van der Waals surface area contributed by atoms with E-state index in [-0.39, 0.29) is 35.7 Å². The van der Waals surface area contributed by atoms with Gasteiger partial charge in [0.2, 0.25) is 11.8 Å². The molecule has 2 aliphatic heterocycles. The summed E-state index contributed by atoms with van der Waals surface area (Å²) in [6, 6.07) is 18.0. The molecule has 4 amide bonds. The topological polar surface area (TPSA) is 183 Å². The smallest absolute Gasteiger partial charge is 0.254 e. The summed E-state index contributed by atoms with van der Waals surface area (Å²) in [4.78, 5) is 67.5. The number of benzene rings is 2. The second kappa shape index (κ2) is 18.9. The van der Waals surface area contributed by atoms with Crippen LogP contribution in [0, 0.1) is 24.2 Å². The molecule has 4 aliphatic rings. The first kappa shape index (κ1) is 43.5. The van der Waals surface area contributed by atoms with Gasteiger partial charge in [-0.1, -0.05) is 63.8 Å². The first-order valence-corrected chi connectivity index (χ1v) is 21.1. The van der Waals surface area contributed by atoms with Crippen molar-refractivity contribution in [2.75, 3.05) is 51.7 Å². The average Bonchev–Trinajstić information content (AvgIpc) is 4.21. The van der Waals surface area contributed by atoms with Crippen molar-refractivity contribution in [2.45, 2.75) is 78.3 Å². The van der Waals surface area contributed by atoms with E-state index in [0.717, 1.165) is 66.3 Å². The molecule has 2 aromatic heterocycles. The maximum Gasteiger partial charge on any atom is 0.254 e. The van der Waals surface area contributed by atoms with Crippen molar-refractivity contribution in [3.05, 3.63) is 95.3 Å². The SMILES string of the molecule is CC.CC(=N)c1cc(-c2cccc(C(=O)N3CCN(C)C(=O)C3CC3CC3)c2)cnc1N.Cc1cc(-c2cccc(C(=O)N3CCN(C)C(=O)C3CC3CC3)c2)cnc1N. The van der Waals surface area contributed by atoms with Crippen LogP contribution in [0.4, 0.5) is 11.6 Å². The molecule has 2 unspecified atom stereocenters. The largest absolute Gasteiger partial charge is 0.383 e. The van der Waals surface area contributed by atoms with E-state index in [2.05, 4.69) is 9.97 Å². The molecule has 60 heavy (non-hydrogen) atoms. The number of nitrogens with zero attached hydrogens (tertiary/aromatic N) is 6. The lowest BCUT2D eigenvalue weighted by Crippen LogP contribution is -2.57. The van der Waals surface area contributed by atoms with Crippen LogP contribution < -0.4 is 11.5 Å². The predicted octanol–water partition coefficient (Wildman–Crippen LogP) is 6.55. The molecule has 4 aromatic rings. The fourth-order valence-electron chi connectivity index (χ4n) is 7.78. The minimum Gasteiger partial charge on any atom is -0.383 e. The van der Waals surface area contributed by atoms with E-state index in [0.29, 0.717) is 72.1 Å². The molecule has 2 aromatic carbocycles.